The SMILES string of the molecule is CCCCC/C=C\C/C=C\CCCCCCCCCC(=O)NC(COP(=O)(O)OCC[N+](C)(C)C)C(O)CCCCCCCCC. The van der Waals surface area contributed by atoms with Gasteiger partial charge in [-0.2, -0.15) is 0 Å². The minimum absolute atomic E-state index is 0.0725. The van der Waals surface area contributed by atoms with Gasteiger partial charge in [-0.1, -0.05) is 128 Å². The fourth-order valence-electron chi connectivity index (χ4n) is 5.13. The molecule has 1 amide bonds. The van der Waals surface area contributed by atoms with E-state index in [9.17, 15) is 19.4 Å². The van der Waals surface area contributed by atoms with Crippen molar-refractivity contribution in [3.63, 3.8) is 0 Å². The van der Waals surface area contributed by atoms with E-state index in [4.69, 9.17) is 9.05 Å². The largest absolute Gasteiger partial charge is 0.472 e. The van der Waals surface area contributed by atoms with Crippen LogP contribution < -0.4 is 5.32 Å². The topological polar surface area (TPSA) is 105 Å². The first-order valence-electron chi connectivity index (χ1n) is 18.7. The normalized spacial score (nSPS) is 15.0. The number of nitrogens with zero attached hydrogens (tertiary/aromatic N) is 1. The second-order valence-corrected chi connectivity index (χ2v) is 15.4. The molecule has 0 saturated heterocycles. The van der Waals surface area contributed by atoms with Gasteiger partial charge in [-0.05, 0) is 44.9 Å². The number of quaternary nitrogens is 1. The van der Waals surface area contributed by atoms with E-state index in [1.807, 2.05) is 21.1 Å². The highest BCUT2D eigenvalue weighted by Gasteiger charge is 2.28. The Labute approximate surface area is 284 Å². The molecular formula is C37H74N2O6P+. The van der Waals surface area contributed by atoms with Crippen molar-refractivity contribution in [3.8, 4) is 0 Å². The Kier molecular flexibility index (Phi) is 29.4. The van der Waals surface area contributed by atoms with Crippen LogP contribution in [0.15, 0.2) is 24.3 Å². The quantitative estimate of drug-likeness (QED) is 0.0278. The molecule has 0 rings (SSSR count). The Bertz CT molecular complexity index is 814. The van der Waals surface area contributed by atoms with E-state index in [0.29, 0.717) is 23.9 Å². The van der Waals surface area contributed by atoms with Gasteiger partial charge in [0.25, 0.3) is 0 Å². The number of likely N-dealkylation sites (N-methyl/N-ethyl adjacent to an activating group) is 1. The molecule has 272 valence electrons. The van der Waals surface area contributed by atoms with Crippen molar-refractivity contribution in [2.45, 2.75) is 167 Å². The van der Waals surface area contributed by atoms with Crippen LogP contribution >= 0.6 is 7.82 Å². The highest BCUT2D eigenvalue weighted by molar-refractivity contribution is 7.47. The van der Waals surface area contributed by atoms with Crippen molar-refractivity contribution in [3.05, 3.63) is 24.3 Å². The van der Waals surface area contributed by atoms with E-state index < -0.39 is 20.0 Å². The molecule has 0 aromatic heterocycles. The van der Waals surface area contributed by atoms with Crippen LogP contribution in [0, 0.1) is 0 Å². The third-order valence-corrected chi connectivity index (χ3v) is 9.19. The number of amides is 1. The Morgan fingerprint density at radius 3 is 1.83 bits per heavy atom. The average molecular weight is 674 g/mol. The van der Waals surface area contributed by atoms with Gasteiger partial charge in [0.2, 0.25) is 5.91 Å². The van der Waals surface area contributed by atoms with Gasteiger partial charge in [-0.3, -0.25) is 13.8 Å². The zero-order valence-corrected chi connectivity index (χ0v) is 31.5. The van der Waals surface area contributed by atoms with Gasteiger partial charge in [-0.25, -0.2) is 4.57 Å². The molecule has 8 nitrogen and oxygen atoms in total. The number of nitrogens with one attached hydrogen (secondary N) is 1. The fourth-order valence-corrected chi connectivity index (χ4v) is 5.87. The molecule has 0 saturated carbocycles. The lowest BCUT2D eigenvalue weighted by atomic mass is 10.0. The van der Waals surface area contributed by atoms with Crippen molar-refractivity contribution < 1.29 is 32.9 Å². The molecule has 0 aromatic carbocycles. The summed E-state index contributed by atoms with van der Waals surface area (Å²) in [6.45, 7) is 4.78. The summed E-state index contributed by atoms with van der Waals surface area (Å²) in [5, 5.41) is 13.8. The van der Waals surface area contributed by atoms with E-state index in [1.165, 1.54) is 77.0 Å². The molecule has 0 radical (unpaired) electrons. The van der Waals surface area contributed by atoms with E-state index >= 15 is 0 Å². The van der Waals surface area contributed by atoms with Crippen molar-refractivity contribution in [1.29, 1.82) is 0 Å². The number of carbonyl (C=O) groups is 1. The standard InChI is InChI=1S/C37H73N2O6P/c1-6-8-10-12-14-15-16-17-18-19-20-21-22-23-25-27-29-31-37(41)38-35(36(40)30-28-26-24-13-11-9-7-2)34-45-46(42,43)44-33-32-39(3,4)5/h14-15,17-18,35-36,40H,6-13,16,19-34H2,1-5H3,(H-,38,41,42,43)/p+1/b15-14-,18-17-. The van der Waals surface area contributed by atoms with Gasteiger partial charge >= 0.3 is 7.82 Å². The van der Waals surface area contributed by atoms with Crippen LogP contribution in [0.3, 0.4) is 0 Å². The molecule has 3 unspecified atom stereocenters. The average Bonchev–Trinajstić information content (AvgIpc) is 2.99. The van der Waals surface area contributed by atoms with Crippen molar-refractivity contribution in [1.82, 2.24) is 5.32 Å². The Morgan fingerprint density at radius 2 is 1.24 bits per heavy atom. The maximum atomic E-state index is 12.7. The molecule has 0 aliphatic heterocycles. The summed E-state index contributed by atoms with van der Waals surface area (Å²) in [5.74, 6) is -0.159. The van der Waals surface area contributed by atoms with Crippen LogP contribution in [0.25, 0.3) is 0 Å². The molecule has 3 atom stereocenters. The molecule has 0 heterocycles. The number of unbranched alkanes of at least 4 members (excludes halogenated alkanes) is 16. The molecule has 0 aliphatic rings. The zero-order valence-electron chi connectivity index (χ0n) is 30.6. The van der Waals surface area contributed by atoms with Crippen LogP contribution in [0.2, 0.25) is 0 Å². The first-order valence-corrected chi connectivity index (χ1v) is 20.2. The molecule has 3 N–H and O–H groups in total. The van der Waals surface area contributed by atoms with Crippen LogP contribution in [-0.2, 0) is 18.4 Å². The zero-order chi connectivity index (χ0) is 34.4. The van der Waals surface area contributed by atoms with Crippen LogP contribution in [0.1, 0.15) is 155 Å². The van der Waals surface area contributed by atoms with Gasteiger partial charge < -0.3 is 19.8 Å². The van der Waals surface area contributed by atoms with Gasteiger partial charge in [0, 0.05) is 6.42 Å². The van der Waals surface area contributed by atoms with Crippen molar-refractivity contribution in [2.24, 2.45) is 0 Å². The number of allylic oxidation sites excluding steroid dienone is 4. The number of carbonyl (C=O) groups excluding carboxylic acids is 1. The summed E-state index contributed by atoms with van der Waals surface area (Å²) in [6, 6.07) is -0.758. The smallest absolute Gasteiger partial charge is 0.391 e. The first kappa shape index (κ1) is 45.0. The number of aliphatic hydroxyl groups is 1. The molecule has 9 heteroatoms. The molecule has 0 spiro atoms. The highest BCUT2D eigenvalue weighted by atomic mass is 31.2. The Hall–Kier alpha value is -1.02. The minimum atomic E-state index is -4.30. The number of rotatable bonds is 33. The lowest BCUT2D eigenvalue weighted by Crippen LogP contribution is -2.46. The summed E-state index contributed by atoms with van der Waals surface area (Å²) in [4.78, 5) is 22.9. The predicted molar refractivity (Wildman–Crippen MR) is 194 cm³/mol. The second kappa shape index (κ2) is 30.1. The van der Waals surface area contributed by atoms with E-state index in [2.05, 4.69) is 43.5 Å². The summed E-state index contributed by atoms with van der Waals surface area (Å²) >= 11 is 0. The number of hydrogen-bond donors (Lipinski definition) is 3. The molecule has 46 heavy (non-hydrogen) atoms. The number of aliphatic hydroxyl groups excluding tert-OH is 1. The summed E-state index contributed by atoms with van der Waals surface area (Å²) in [7, 11) is 1.60. The van der Waals surface area contributed by atoms with Crippen molar-refractivity contribution >= 4 is 13.7 Å². The predicted octanol–water partition coefficient (Wildman–Crippen LogP) is 9.41. The van der Waals surface area contributed by atoms with Gasteiger partial charge in [0.15, 0.2) is 0 Å². The third-order valence-electron chi connectivity index (χ3n) is 8.20. The molecule has 0 fully saturated rings. The van der Waals surface area contributed by atoms with Crippen LogP contribution in [0.4, 0.5) is 0 Å². The monoisotopic (exact) mass is 674 g/mol. The van der Waals surface area contributed by atoms with Crippen LogP contribution in [0.5, 0.6) is 0 Å². The Balaban J connectivity index is 4.36. The number of hydrogen-bond acceptors (Lipinski definition) is 5. The van der Waals surface area contributed by atoms with Gasteiger partial charge in [-0.15, -0.1) is 0 Å². The molecule has 0 bridgehead atoms. The van der Waals surface area contributed by atoms with E-state index in [-0.39, 0.29) is 19.1 Å². The van der Waals surface area contributed by atoms with Gasteiger partial charge in [0.05, 0.1) is 39.9 Å². The fraction of sp³-hybridized carbons (Fsp3) is 0.865. The van der Waals surface area contributed by atoms with Crippen molar-refractivity contribution in [2.75, 3.05) is 40.9 Å². The number of phosphoric ester groups is 1. The number of phosphoric acid groups is 1. The maximum Gasteiger partial charge on any atom is 0.472 e. The molecular weight excluding hydrogens is 599 g/mol. The summed E-state index contributed by atoms with van der Waals surface area (Å²) in [5.41, 5.74) is 0. The lowest BCUT2D eigenvalue weighted by Gasteiger charge is -2.26. The second-order valence-electron chi connectivity index (χ2n) is 14.0. The van der Waals surface area contributed by atoms with E-state index in [1.54, 1.807) is 0 Å². The molecule has 0 aromatic rings. The third kappa shape index (κ3) is 31.6. The van der Waals surface area contributed by atoms with Gasteiger partial charge in [0.1, 0.15) is 13.2 Å². The highest BCUT2D eigenvalue weighted by Crippen LogP contribution is 2.43. The van der Waals surface area contributed by atoms with Crippen LogP contribution in [-0.4, -0.2) is 73.4 Å². The van der Waals surface area contributed by atoms with E-state index in [0.717, 1.165) is 51.4 Å². The first-order chi connectivity index (χ1) is 22.0. The summed E-state index contributed by atoms with van der Waals surface area (Å²) < 4.78 is 23.4. The Morgan fingerprint density at radius 1 is 0.739 bits per heavy atom. The molecule has 0 aliphatic carbocycles. The summed E-state index contributed by atoms with van der Waals surface area (Å²) in [6.07, 6.45) is 32.1. The maximum absolute atomic E-state index is 12.7. The minimum Gasteiger partial charge on any atom is -0.391 e. The lowest BCUT2D eigenvalue weighted by molar-refractivity contribution is -0.870.